The second-order valence-electron chi connectivity index (χ2n) is 6.34. The molecule has 2 N–H and O–H groups in total. The number of carboxylic acids is 1. The summed E-state index contributed by atoms with van der Waals surface area (Å²) in [5, 5.41) is 8.77. The van der Waals surface area contributed by atoms with E-state index < -0.39 is 20.2 Å². The van der Waals surface area contributed by atoms with Gasteiger partial charge < -0.3 is 5.11 Å². The standard InChI is InChI=1S/C18H29IN2O4S/c1-3-4-5-6-7-8-10-15-11-9-12-16(13-15)21(2)26(24,25)20-17(19)14-18(22)23/h9,11-13,17,20H,3-8,10,14H2,1-2H3,(H,22,23)/t17-/m1/s1. The van der Waals surface area contributed by atoms with Crippen molar-refractivity contribution in [1.82, 2.24) is 4.72 Å². The number of aliphatic carboxylic acids is 1. The molecule has 0 radical (unpaired) electrons. The Balaban J connectivity index is 2.63. The number of alkyl halides is 1. The zero-order valence-corrected chi connectivity index (χ0v) is 18.4. The zero-order chi connectivity index (χ0) is 19.6. The number of hydrogen-bond donors (Lipinski definition) is 2. The quantitative estimate of drug-likeness (QED) is 0.186. The van der Waals surface area contributed by atoms with Crippen molar-refractivity contribution in [2.45, 2.75) is 62.3 Å². The topological polar surface area (TPSA) is 86.7 Å². The van der Waals surface area contributed by atoms with Crippen molar-refractivity contribution in [2.75, 3.05) is 11.4 Å². The van der Waals surface area contributed by atoms with E-state index in [1.54, 1.807) is 28.7 Å². The monoisotopic (exact) mass is 496 g/mol. The number of nitrogens with one attached hydrogen (secondary N) is 1. The zero-order valence-electron chi connectivity index (χ0n) is 15.4. The molecule has 0 spiro atoms. The molecule has 26 heavy (non-hydrogen) atoms. The molecule has 0 saturated carbocycles. The van der Waals surface area contributed by atoms with Gasteiger partial charge in [0.2, 0.25) is 0 Å². The second-order valence-corrected chi connectivity index (χ2v) is 9.58. The first kappa shape index (κ1) is 23.2. The Hall–Kier alpha value is -0.870. The fraction of sp³-hybridized carbons (Fsp3) is 0.611. The van der Waals surface area contributed by atoms with E-state index >= 15 is 0 Å². The van der Waals surface area contributed by atoms with Crippen LogP contribution in [-0.2, 0) is 21.4 Å². The molecule has 0 aliphatic heterocycles. The molecule has 1 aromatic rings. The maximum absolute atomic E-state index is 12.4. The van der Waals surface area contributed by atoms with Crippen LogP contribution in [0.4, 0.5) is 5.69 Å². The lowest BCUT2D eigenvalue weighted by molar-refractivity contribution is -0.136. The summed E-state index contributed by atoms with van der Waals surface area (Å²) in [5.41, 5.74) is 1.68. The van der Waals surface area contributed by atoms with E-state index in [4.69, 9.17) is 5.11 Å². The Bertz CT molecular complexity index is 667. The molecule has 0 heterocycles. The van der Waals surface area contributed by atoms with Crippen LogP contribution in [0.2, 0.25) is 0 Å². The van der Waals surface area contributed by atoms with Crippen molar-refractivity contribution in [3.8, 4) is 0 Å². The van der Waals surface area contributed by atoms with Crippen molar-refractivity contribution >= 4 is 44.5 Å². The number of halogens is 1. The molecule has 6 nitrogen and oxygen atoms in total. The summed E-state index contributed by atoms with van der Waals surface area (Å²) in [6.45, 7) is 2.20. The number of carbonyl (C=O) groups is 1. The molecule has 0 unspecified atom stereocenters. The van der Waals surface area contributed by atoms with Crippen LogP contribution in [-0.4, -0.2) is 30.6 Å². The third-order valence-corrected chi connectivity index (χ3v) is 6.77. The average molecular weight is 496 g/mol. The van der Waals surface area contributed by atoms with Crippen LogP contribution in [0.5, 0.6) is 0 Å². The number of unbranched alkanes of at least 4 members (excludes halogenated alkanes) is 5. The highest BCUT2D eigenvalue weighted by molar-refractivity contribution is 14.1. The van der Waals surface area contributed by atoms with Gasteiger partial charge in [0.05, 0.1) is 16.2 Å². The maximum Gasteiger partial charge on any atom is 0.305 e. The van der Waals surface area contributed by atoms with Crippen LogP contribution >= 0.6 is 22.6 Å². The first-order chi connectivity index (χ1) is 12.3. The molecule has 0 amide bonds. The number of rotatable bonds is 13. The lowest BCUT2D eigenvalue weighted by atomic mass is 10.0. The number of benzene rings is 1. The van der Waals surface area contributed by atoms with Crippen molar-refractivity contribution in [3.63, 3.8) is 0 Å². The first-order valence-electron chi connectivity index (χ1n) is 8.97. The molecule has 1 rings (SSSR count). The highest BCUT2D eigenvalue weighted by atomic mass is 127. The molecule has 0 aromatic heterocycles. The second kappa shape index (κ2) is 11.8. The van der Waals surface area contributed by atoms with Gasteiger partial charge in [-0.3, -0.25) is 9.10 Å². The molecule has 0 aliphatic rings. The predicted octanol–water partition coefficient (Wildman–Crippen LogP) is 4.10. The number of anilines is 1. The lowest BCUT2D eigenvalue weighted by Crippen LogP contribution is -2.42. The van der Waals surface area contributed by atoms with Gasteiger partial charge in [0.1, 0.15) is 0 Å². The maximum atomic E-state index is 12.4. The van der Waals surface area contributed by atoms with Crippen molar-refractivity contribution < 1.29 is 18.3 Å². The van der Waals surface area contributed by atoms with Gasteiger partial charge in [-0.2, -0.15) is 13.1 Å². The Morgan fingerprint density at radius 1 is 1.23 bits per heavy atom. The summed E-state index contributed by atoms with van der Waals surface area (Å²) >= 11 is 1.78. The number of aryl methyl sites for hydroxylation is 1. The average Bonchev–Trinajstić information content (AvgIpc) is 2.56. The van der Waals surface area contributed by atoms with Gasteiger partial charge >= 0.3 is 16.2 Å². The van der Waals surface area contributed by atoms with Crippen LogP contribution in [0.1, 0.15) is 57.4 Å². The van der Waals surface area contributed by atoms with E-state index in [-0.39, 0.29) is 6.42 Å². The minimum absolute atomic E-state index is 0.272. The smallest absolute Gasteiger partial charge is 0.305 e. The highest BCUT2D eigenvalue weighted by Gasteiger charge is 2.23. The van der Waals surface area contributed by atoms with Gasteiger partial charge in [-0.1, -0.05) is 73.8 Å². The molecular weight excluding hydrogens is 467 g/mol. The largest absolute Gasteiger partial charge is 0.481 e. The highest BCUT2D eigenvalue weighted by Crippen LogP contribution is 2.20. The van der Waals surface area contributed by atoms with Crippen LogP contribution in [0.3, 0.4) is 0 Å². The van der Waals surface area contributed by atoms with Crippen molar-refractivity contribution in [3.05, 3.63) is 29.8 Å². The molecular formula is C18H29IN2O4S. The Kier molecular flexibility index (Phi) is 10.5. The fourth-order valence-electron chi connectivity index (χ4n) is 2.59. The summed E-state index contributed by atoms with van der Waals surface area (Å²) in [7, 11) is -2.33. The summed E-state index contributed by atoms with van der Waals surface area (Å²) < 4.78 is 27.7. The molecule has 1 atom stereocenters. The van der Waals surface area contributed by atoms with Crippen LogP contribution in [0, 0.1) is 0 Å². The molecule has 0 aliphatic carbocycles. The Labute approximate surface area is 170 Å². The van der Waals surface area contributed by atoms with Gasteiger partial charge in [0.15, 0.2) is 0 Å². The van der Waals surface area contributed by atoms with Gasteiger partial charge in [0, 0.05) is 7.05 Å². The van der Waals surface area contributed by atoms with Gasteiger partial charge in [-0.25, -0.2) is 0 Å². The van der Waals surface area contributed by atoms with Crippen molar-refractivity contribution in [1.29, 1.82) is 0 Å². The van der Waals surface area contributed by atoms with E-state index in [9.17, 15) is 13.2 Å². The first-order valence-corrected chi connectivity index (χ1v) is 11.7. The summed E-state index contributed by atoms with van der Waals surface area (Å²) in [6, 6.07) is 7.48. The predicted molar refractivity (Wildman–Crippen MR) is 114 cm³/mol. The van der Waals surface area contributed by atoms with Crippen LogP contribution in [0.25, 0.3) is 0 Å². The van der Waals surface area contributed by atoms with Crippen molar-refractivity contribution in [2.24, 2.45) is 0 Å². The minimum Gasteiger partial charge on any atom is -0.481 e. The number of carboxylic acid groups (broad SMARTS) is 1. The van der Waals surface area contributed by atoms with Crippen LogP contribution < -0.4 is 9.03 Å². The van der Waals surface area contributed by atoms with E-state index in [0.717, 1.165) is 22.7 Å². The minimum atomic E-state index is -3.80. The molecule has 148 valence electrons. The van der Waals surface area contributed by atoms with E-state index in [2.05, 4.69) is 11.6 Å². The van der Waals surface area contributed by atoms with E-state index in [1.165, 1.54) is 39.2 Å². The van der Waals surface area contributed by atoms with Gasteiger partial charge in [-0.05, 0) is 30.5 Å². The lowest BCUT2D eigenvalue weighted by Gasteiger charge is -2.22. The summed E-state index contributed by atoms with van der Waals surface area (Å²) in [6.07, 6.45) is 7.97. The molecule has 1 aromatic carbocycles. The summed E-state index contributed by atoms with van der Waals surface area (Å²) in [5.74, 6) is -1.05. The third kappa shape index (κ3) is 8.68. The van der Waals surface area contributed by atoms with E-state index in [0.29, 0.717) is 5.69 Å². The fourth-order valence-corrected chi connectivity index (χ4v) is 4.89. The Morgan fingerprint density at radius 3 is 2.54 bits per heavy atom. The molecule has 0 bridgehead atoms. The molecule has 0 saturated heterocycles. The molecule has 8 heteroatoms. The molecule has 0 fully saturated rings. The van der Waals surface area contributed by atoms with E-state index in [1.807, 2.05) is 18.2 Å². The SMILES string of the molecule is CCCCCCCCc1cccc(N(C)S(=O)(=O)N[C@@H](I)CC(=O)O)c1. The van der Waals surface area contributed by atoms with Crippen LogP contribution in [0.15, 0.2) is 24.3 Å². The normalized spacial score (nSPS) is 12.7. The van der Waals surface area contributed by atoms with Gasteiger partial charge in [0.25, 0.3) is 0 Å². The summed E-state index contributed by atoms with van der Waals surface area (Å²) in [4.78, 5) is 10.7. The number of hydrogen-bond acceptors (Lipinski definition) is 3. The Morgan fingerprint density at radius 2 is 1.88 bits per heavy atom. The third-order valence-electron chi connectivity index (χ3n) is 4.08. The van der Waals surface area contributed by atoms with Gasteiger partial charge in [-0.15, -0.1) is 0 Å². The number of nitrogens with zero attached hydrogens (tertiary/aromatic N) is 1.